The SMILES string of the molecule is CCNC(=NCCC(=O)N1CCCC1)NCCSc1ccc(Cl)cc1. The van der Waals surface area contributed by atoms with Crippen LogP contribution in [0.15, 0.2) is 34.2 Å². The van der Waals surface area contributed by atoms with Gasteiger partial charge in [-0.15, -0.1) is 11.8 Å². The van der Waals surface area contributed by atoms with E-state index in [0.29, 0.717) is 13.0 Å². The number of carbonyl (C=O) groups excluding carboxylic acids is 1. The topological polar surface area (TPSA) is 56.7 Å². The number of amides is 1. The predicted molar refractivity (Wildman–Crippen MR) is 107 cm³/mol. The van der Waals surface area contributed by atoms with Crippen LogP contribution in [0.5, 0.6) is 0 Å². The number of benzene rings is 1. The number of rotatable bonds is 8. The van der Waals surface area contributed by atoms with E-state index in [9.17, 15) is 4.79 Å². The minimum Gasteiger partial charge on any atom is -0.357 e. The largest absolute Gasteiger partial charge is 0.357 e. The Morgan fingerprint density at radius 1 is 1.24 bits per heavy atom. The molecule has 25 heavy (non-hydrogen) atoms. The summed E-state index contributed by atoms with van der Waals surface area (Å²) in [6.07, 6.45) is 2.74. The van der Waals surface area contributed by atoms with Crippen LogP contribution in [0.25, 0.3) is 0 Å². The molecule has 1 aromatic rings. The first-order chi connectivity index (χ1) is 12.2. The van der Waals surface area contributed by atoms with Gasteiger partial charge in [-0.05, 0) is 44.0 Å². The van der Waals surface area contributed by atoms with Crippen molar-refractivity contribution in [2.45, 2.75) is 31.1 Å². The second kappa shape index (κ2) is 11.3. The van der Waals surface area contributed by atoms with Crippen molar-refractivity contribution in [3.63, 3.8) is 0 Å². The molecule has 0 bridgehead atoms. The quantitative estimate of drug-likeness (QED) is 0.314. The number of carbonyl (C=O) groups is 1. The van der Waals surface area contributed by atoms with Crippen molar-refractivity contribution in [1.82, 2.24) is 15.5 Å². The standard InChI is InChI=1S/C18H27ClN4OS/c1-2-20-18(21-10-9-17(24)23-12-3-4-13-23)22-11-14-25-16-7-5-15(19)6-8-16/h5-8H,2-4,9-14H2,1H3,(H2,20,21,22). The highest BCUT2D eigenvalue weighted by atomic mass is 35.5. The van der Waals surface area contributed by atoms with Gasteiger partial charge in [0.25, 0.3) is 0 Å². The molecule has 138 valence electrons. The highest BCUT2D eigenvalue weighted by molar-refractivity contribution is 7.99. The molecule has 1 saturated heterocycles. The maximum absolute atomic E-state index is 12.0. The number of guanidine groups is 1. The second-order valence-corrected chi connectivity index (χ2v) is 7.43. The van der Waals surface area contributed by atoms with Crippen LogP contribution in [0.3, 0.4) is 0 Å². The van der Waals surface area contributed by atoms with Gasteiger partial charge in [-0.25, -0.2) is 0 Å². The fourth-order valence-corrected chi connectivity index (χ4v) is 3.49. The van der Waals surface area contributed by atoms with Crippen molar-refractivity contribution >= 4 is 35.2 Å². The van der Waals surface area contributed by atoms with Gasteiger partial charge in [-0.1, -0.05) is 11.6 Å². The molecule has 0 atom stereocenters. The highest BCUT2D eigenvalue weighted by Gasteiger charge is 2.16. The number of likely N-dealkylation sites (tertiary alicyclic amines) is 1. The van der Waals surface area contributed by atoms with Gasteiger partial charge >= 0.3 is 0 Å². The summed E-state index contributed by atoms with van der Waals surface area (Å²) < 4.78 is 0. The van der Waals surface area contributed by atoms with E-state index in [1.807, 2.05) is 36.1 Å². The van der Waals surface area contributed by atoms with Crippen LogP contribution in [0, 0.1) is 0 Å². The first-order valence-electron chi connectivity index (χ1n) is 8.87. The molecule has 0 spiro atoms. The monoisotopic (exact) mass is 382 g/mol. The maximum atomic E-state index is 12.0. The van der Waals surface area contributed by atoms with E-state index >= 15 is 0 Å². The summed E-state index contributed by atoms with van der Waals surface area (Å²) in [5.74, 6) is 1.92. The number of thioether (sulfide) groups is 1. The Balaban J connectivity index is 1.67. The van der Waals surface area contributed by atoms with Crippen LogP contribution in [0.4, 0.5) is 0 Å². The Bertz CT molecular complexity index is 559. The normalized spacial score (nSPS) is 14.6. The molecule has 1 aromatic carbocycles. The van der Waals surface area contributed by atoms with Crippen molar-refractivity contribution in [3.8, 4) is 0 Å². The van der Waals surface area contributed by atoms with Gasteiger partial charge in [0.2, 0.25) is 5.91 Å². The number of nitrogens with one attached hydrogen (secondary N) is 2. The molecular weight excluding hydrogens is 356 g/mol. The Morgan fingerprint density at radius 3 is 2.64 bits per heavy atom. The minimum absolute atomic E-state index is 0.218. The van der Waals surface area contributed by atoms with E-state index in [2.05, 4.69) is 15.6 Å². The van der Waals surface area contributed by atoms with Crippen LogP contribution < -0.4 is 10.6 Å². The molecule has 2 N–H and O–H groups in total. The van der Waals surface area contributed by atoms with Crippen LogP contribution in [-0.4, -0.2) is 55.2 Å². The van der Waals surface area contributed by atoms with Gasteiger partial charge in [-0.3, -0.25) is 9.79 Å². The zero-order valence-corrected chi connectivity index (χ0v) is 16.3. The molecule has 0 aliphatic carbocycles. The third-order valence-corrected chi connectivity index (χ3v) is 5.14. The van der Waals surface area contributed by atoms with Gasteiger partial charge in [0.15, 0.2) is 5.96 Å². The molecule has 0 aromatic heterocycles. The Hall–Kier alpha value is -1.40. The summed E-state index contributed by atoms with van der Waals surface area (Å²) in [5.41, 5.74) is 0. The molecule has 0 unspecified atom stereocenters. The fourth-order valence-electron chi connectivity index (χ4n) is 2.60. The lowest BCUT2D eigenvalue weighted by molar-refractivity contribution is -0.129. The number of halogens is 1. The molecule has 1 aliphatic heterocycles. The molecule has 0 radical (unpaired) electrons. The van der Waals surface area contributed by atoms with Crippen molar-refractivity contribution in [1.29, 1.82) is 0 Å². The Labute approximate surface area is 159 Å². The fraction of sp³-hybridized carbons (Fsp3) is 0.556. The zero-order valence-electron chi connectivity index (χ0n) is 14.8. The van der Waals surface area contributed by atoms with E-state index in [0.717, 1.165) is 55.8 Å². The first kappa shape index (κ1) is 19.9. The van der Waals surface area contributed by atoms with Crippen molar-refractivity contribution < 1.29 is 4.79 Å². The summed E-state index contributed by atoms with van der Waals surface area (Å²) >= 11 is 7.66. The van der Waals surface area contributed by atoms with Crippen molar-refractivity contribution in [2.75, 3.05) is 38.5 Å². The molecule has 1 aliphatic rings. The van der Waals surface area contributed by atoms with Gasteiger partial charge in [0.1, 0.15) is 0 Å². The van der Waals surface area contributed by atoms with Gasteiger partial charge < -0.3 is 15.5 Å². The average molecular weight is 383 g/mol. The zero-order chi connectivity index (χ0) is 17.9. The van der Waals surface area contributed by atoms with Gasteiger partial charge in [-0.2, -0.15) is 0 Å². The lowest BCUT2D eigenvalue weighted by Gasteiger charge is -2.15. The Morgan fingerprint density at radius 2 is 1.96 bits per heavy atom. The number of nitrogens with zero attached hydrogens (tertiary/aromatic N) is 2. The van der Waals surface area contributed by atoms with Crippen molar-refractivity contribution in [2.24, 2.45) is 4.99 Å². The molecule has 5 nitrogen and oxygen atoms in total. The molecule has 2 rings (SSSR count). The van der Waals surface area contributed by atoms with Gasteiger partial charge in [0.05, 0.1) is 6.54 Å². The van der Waals surface area contributed by atoms with E-state index in [4.69, 9.17) is 11.6 Å². The number of hydrogen-bond donors (Lipinski definition) is 2. The lowest BCUT2D eigenvalue weighted by Crippen LogP contribution is -2.38. The molecular formula is C18H27ClN4OS. The van der Waals surface area contributed by atoms with Crippen LogP contribution >= 0.6 is 23.4 Å². The molecule has 0 saturated carbocycles. The summed E-state index contributed by atoms with van der Waals surface area (Å²) in [6.45, 7) is 5.98. The van der Waals surface area contributed by atoms with E-state index in [-0.39, 0.29) is 5.91 Å². The number of hydrogen-bond acceptors (Lipinski definition) is 3. The Kier molecular flexibility index (Phi) is 8.97. The summed E-state index contributed by atoms with van der Waals surface area (Å²) in [7, 11) is 0. The first-order valence-corrected chi connectivity index (χ1v) is 10.2. The van der Waals surface area contributed by atoms with Crippen LogP contribution in [0.1, 0.15) is 26.2 Å². The van der Waals surface area contributed by atoms with Crippen LogP contribution in [0.2, 0.25) is 5.02 Å². The molecule has 7 heteroatoms. The molecule has 1 fully saturated rings. The van der Waals surface area contributed by atoms with Crippen LogP contribution in [-0.2, 0) is 4.79 Å². The second-order valence-electron chi connectivity index (χ2n) is 5.83. The predicted octanol–water partition coefficient (Wildman–Crippen LogP) is 3.00. The van der Waals surface area contributed by atoms with Crippen molar-refractivity contribution in [3.05, 3.63) is 29.3 Å². The summed E-state index contributed by atoms with van der Waals surface area (Å²) in [5, 5.41) is 7.29. The lowest BCUT2D eigenvalue weighted by atomic mass is 10.4. The third-order valence-electron chi connectivity index (χ3n) is 3.88. The van der Waals surface area contributed by atoms with E-state index in [1.54, 1.807) is 11.8 Å². The van der Waals surface area contributed by atoms with E-state index in [1.165, 1.54) is 4.90 Å². The average Bonchev–Trinajstić information content (AvgIpc) is 3.15. The maximum Gasteiger partial charge on any atom is 0.224 e. The summed E-state index contributed by atoms with van der Waals surface area (Å²) in [4.78, 5) is 19.7. The minimum atomic E-state index is 0.218. The highest BCUT2D eigenvalue weighted by Crippen LogP contribution is 2.19. The smallest absolute Gasteiger partial charge is 0.224 e. The third kappa shape index (κ3) is 7.57. The summed E-state index contributed by atoms with van der Waals surface area (Å²) in [6, 6.07) is 7.85. The van der Waals surface area contributed by atoms with E-state index < -0.39 is 0 Å². The number of aliphatic imine (C=N–C) groups is 1. The molecule has 1 amide bonds. The molecule has 1 heterocycles. The van der Waals surface area contributed by atoms with Gasteiger partial charge in [0, 0.05) is 48.3 Å².